The maximum atomic E-state index is 12.5. The van der Waals surface area contributed by atoms with Gasteiger partial charge in [0.25, 0.3) is 5.91 Å². The first-order chi connectivity index (χ1) is 14.0. The van der Waals surface area contributed by atoms with Gasteiger partial charge in [0, 0.05) is 35.8 Å². The Morgan fingerprint density at radius 1 is 1.10 bits per heavy atom. The van der Waals surface area contributed by atoms with E-state index in [1.54, 1.807) is 31.3 Å². The fourth-order valence-corrected chi connectivity index (χ4v) is 3.12. The molecule has 0 saturated carbocycles. The number of ether oxygens (including phenoxy) is 3. The minimum Gasteiger partial charge on any atom is -0.481 e. The highest BCUT2D eigenvalue weighted by atomic mass is 16.7. The van der Waals surface area contributed by atoms with Crippen LogP contribution < -0.4 is 19.5 Å². The van der Waals surface area contributed by atoms with Crippen LogP contribution in [0.15, 0.2) is 54.9 Å². The number of nitrogens with zero attached hydrogens (tertiary/aromatic N) is 2. The molecule has 0 bridgehead atoms. The molecule has 2 aromatic carbocycles. The third kappa shape index (κ3) is 4.03. The molecule has 29 heavy (non-hydrogen) atoms. The Kier molecular flexibility index (Phi) is 5.12. The van der Waals surface area contributed by atoms with Crippen molar-refractivity contribution in [2.24, 2.45) is 0 Å². The lowest BCUT2D eigenvalue weighted by Gasteiger charge is -2.15. The van der Waals surface area contributed by atoms with Gasteiger partial charge in [-0.05, 0) is 43.3 Å². The fraction of sp³-hybridized carbons (Fsp3) is 0.273. The van der Waals surface area contributed by atoms with Gasteiger partial charge in [-0.2, -0.15) is 0 Å². The summed E-state index contributed by atoms with van der Waals surface area (Å²) in [5.41, 5.74) is 1.69. The van der Waals surface area contributed by atoms with Crippen LogP contribution in [0.2, 0.25) is 0 Å². The van der Waals surface area contributed by atoms with E-state index < -0.39 is 6.10 Å². The summed E-state index contributed by atoms with van der Waals surface area (Å²) >= 11 is 0. The number of carbonyl (C=O) groups excluding carboxylic acids is 1. The largest absolute Gasteiger partial charge is 0.481 e. The molecule has 7 nitrogen and oxygen atoms in total. The predicted octanol–water partition coefficient (Wildman–Crippen LogP) is 4.13. The van der Waals surface area contributed by atoms with E-state index in [0.29, 0.717) is 28.9 Å². The summed E-state index contributed by atoms with van der Waals surface area (Å²) in [6.45, 7) is 6.11. The second-order valence-corrected chi connectivity index (χ2v) is 7.12. The van der Waals surface area contributed by atoms with Crippen LogP contribution >= 0.6 is 0 Å². The molecule has 2 heterocycles. The monoisotopic (exact) mass is 393 g/mol. The molecule has 0 spiro atoms. The average Bonchev–Trinajstić information content (AvgIpc) is 3.37. The molecule has 0 fully saturated rings. The smallest absolute Gasteiger partial charge is 0.265 e. The zero-order valence-electron chi connectivity index (χ0n) is 16.6. The molecule has 1 aliphatic rings. The van der Waals surface area contributed by atoms with Gasteiger partial charge in [-0.25, -0.2) is 4.98 Å². The quantitative estimate of drug-likeness (QED) is 0.682. The van der Waals surface area contributed by atoms with Crippen molar-refractivity contribution in [3.8, 4) is 22.9 Å². The van der Waals surface area contributed by atoms with E-state index in [9.17, 15) is 4.79 Å². The summed E-state index contributed by atoms with van der Waals surface area (Å²) in [6, 6.07) is 12.9. The average molecular weight is 393 g/mol. The van der Waals surface area contributed by atoms with Crippen molar-refractivity contribution in [1.82, 2.24) is 9.55 Å². The Labute approximate surface area is 169 Å². The Hall–Kier alpha value is -3.48. The van der Waals surface area contributed by atoms with E-state index in [4.69, 9.17) is 14.2 Å². The molecule has 7 heteroatoms. The Balaban J connectivity index is 1.39. The number of hydrogen-bond acceptors (Lipinski definition) is 5. The number of hydrogen-bond donors (Lipinski definition) is 1. The summed E-state index contributed by atoms with van der Waals surface area (Å²) in [4.78, 5) is 16.9. The minimum atomic E-state index is -0.670. The minimum absolute atomic E-state index is 0.197. The first-order valence-electron chi connectivity index (χ1n) is 9.52. The summed E-state index contributed by atoms with van der Waals surface area (Å²) in [5.74, 6) is 2.92. The number of nitrogens with one attached hydrogen (secondary N) is 1. The van der Waals surface area contributed by atoms with E-state index >= 15 is 0 Å². The lowest BCUT2D eigenvalue weighted by molar-refractivity contribution is -0.122. The van der Waals surface area contributed by atoms with E-state index in [0.717, 1.165) is 11.5 Å². The van der Waals surface area contributed by atoms with Crippen molar-refractivity contribution in [2.45, 2.75) is 32.8 Å². The van der Waals surface area contributed by atoms with Gasteiger partial charge in [0.05, 0.1) is 0 Å². The molecule has 0 saturated heterocycles. The number of fused-ring (bicyclic) bond motifs is 1. The maximum absolute atomic E-state index is 12.5. The molecule has 1 N–H and O–H groups in total. The maximum Gasteiger partial charge on any atom is 0.265 e. The number of aromatic nitrogens is 2. The summed E-state index contributed by atoms with van der Waals surface area (Å²) in [7, 11) is 0. The van der Waals surface area contributed by atoms with E-state index in [-0.39, 0.29) is 12.7 Å². The molecule has 0 radical (unpaired) electrons. The number of anilines is 1. The molecular weight excluding hydrogens is 370 g/mol. The normalized spacial score (nSPS) is 13.4. The van der Waals surface area contributed by atoms with Gasteiger partial charge in [-0.15, -0.1) is 0 Å². The van der Waals surface area contributed by atoms with Crippen LogP contribution in [0.5, 0.6) is 17.2 Å². The van der Waals surface area contributed by atoms with Crippen molar-refractivity contribution in [2.75, 3.05) is 12.1 Å². The van der Waals surface area contributed by atoms with Crippen LogP contribution in [-0.2, 0) is 4.79 Å². The van der Waals surface area contributed by atoms with Crippen LogP contribution in [0, 0.1) is 0 Å². The summed E-state index contributed by atoms with van der Waals surface area (Å²) in [5, 5.41) is 2.88. The Morgan fingerprint density at radius 3 is 2.62 bits per heavy atom. The molecule has 150 valence electrons. The SMILES string of the molecule is CC(Oc1ccc2c(c1)OCO2)C(=O)Nc1ccc(-n2ccnc2C(C)C)cc1. The van der Waals surface area contributed by atoms with Crippen molar-refractivity contribution < 1.29 is 19.0 Å². The van der Waals surface area contributed by atoms with Crippen molar-refractivity contribution in [1.29, 1.82) is 0 Å². The highest BCUT2D eigenvalue weighted by Crippen LogP contribution is 2.35. The molecule has 0 aliphatic carbocycles. The van der Waals surface area contributed by atoms with Crippen molar-refractivity contribution in [3.05, 3.63) is 60.7 Å². The molecule has 1 amide bonds. The standard InChI is InChI=1S/C22H23N3O4/c1-14(2)21-23-10-11-25(21)17-6-4-16(5-7-17)24-22(26)15(3)29-18-8-9-19-20(12-18)28-13-27-19/h4-12,14-15H,13H2,1-3H3,(H,24,26). The lowest BCUT2D eigenvalue weighted by atomic mass is 10.2. The zero-order valence-corrected chi connectivity index (χ0v) is 16.6. The van der Waals surface area contributed by atoms with E-state index in [1.165, 1.54) is 0 Å². The Bertz CT molecular complexity index is 1010. The Morgan fingerprint density at radius 2 is 1.86 bits per heavy atom. The van der Waals surface area contributed by atoms with Gasteiger partial charge >= 0.3 is 0 Å². The molecule has 1 unspecified atom stereocenters. The molecule has 3 aromatic rings. The predicted molar refractivity (Wildman–Crippen MR) is 109 cm³/mol. The second kappa shape index (κ2) is 7.87. The number of benzene rings is 2. The van der Waals surface area contributed by atoms with Crippen molar-refractivity contribution >= 4 is 11.6 Å². The lowest BCUT2D eigenvalue weighted by Crippen LogP contribution is -2.30. The molecular formula is C22H23N3O4. The fourth-order valence-electron chi connectivity index (χ4n) is 3.12. The van der Waals surface area contributed by atoms with E-state index in [1.807, 2.05) is 35.0 Å². The molecule has 1 atom stereocenters. The van der Waals surface area contributed by atoms with Crippen LogP contribution in [0.4, 0.5) is 5.69 Å². The first kappa shape index (κ1) is 18.9. The number of carbonyl (C=O) groups is 1. The van der Waals surface area contributed by atoms with Crippen LogP contribution in [0.3, 0.4) is 0 Å². The number of rotatable bonds is 6. The number of imidazole rings is 1. The van der Waals surface area contributed by atoms with Gasteiger partial charge in [0.2, 0.25) is 6.79 Å². The van der Waals surface area contributed by atoms with Crippen LogP contribution in [0.25, 0.3) is 5.69 Å². The summed E-state index contributed by atoms with van der Waals surface area (Å²) in [6.07, 6.45) is 3.06. The van der Waals surface area contributed by atoms with Gasteiger partial charge in [-0.3, -0.25) is 4.79 Å². The first-order valence-corrected chi connectivity index (χ1v) is 9.52. The van der Waals surface area contributed by atoms with Gasteiger partial charge in [0.1, 0.15) is 11.6 Å². The van der Waals surface area contributed by atoms with Gasteiger partial charge in [0.15, 0.2) is 17.6 Å². The topological polar surface area (TPSA) is 74.6 Å². The van der Waals surface area contributed by atoms with E-state index in [2.05, 4.69) is 24.1 Å². The number of amides is 1. The van der Waals surface area contributed by atoms with Crippen molar-refractivity contribution in [3.63, 3.8) is 0 Å². The van der Waals surface area contributed by atoms with Gasteiger partial charge < -0.3 is 24.1 Å². The second-order valence-electron chi connectivity index (χ2n) is 7.12. The highest BCUT2D eigenvalue weighted by Gasteiger charge is 2.18. The zero-order chi connectivity index (χ0) is 20.4. The summed E-state index contributed by atoms with van der Waals surface area (Å²) < 4.78 is 18.4. The van der Waals surface area contributed by atoms with Crippen LogP contribution in [0.1, 0.15) is 32.5 Å². The third-order valence-corrected chi connectivity index (χ3v) is 4.62. The highest BCUT2D eigenvalue weighted by molar-refractivity contribution is 5.94. The molecule has 1 aliphatic heterocycles. The third-order valence-electron chi connectivity index (χ3n) is 4.62. The van der Waals surface area contributed by atoms with Crippen LogP contribution in [-0.4, -0.2) is 28.4 Å². The molecule has 1 aromatic heterocycles. The molecule has 4 rings (SSSR count). The van der Waals surface area contributed by atoms with Gasteiger partial charge in [-0.1, -0.05) is 13.8 Å².